The van der Waals surface area contributed by atoms with Gasteiger partial charge >= 0.3 is 5.97 Å². The van der Waals surface area contributed by atoms with E-state index in [0.717, 1.165) is 133 Å². The number of nitrogens with one attached hydrogen (secondary N) is 1. The quantitative estimate of drug-likeness (QED) is 0.147. The molecule has 8 heteroatoms. The third-order valence-corrected chi connectivity index (χ3v) is 13.0. The van der Waals surface area contributed by atoms with Crippen molar-refractivity contribution in [3.63, 3.8) is 0 Å². The first-order valence-corrected chi connectivity index (χ1v) is 21.6. The number of aliphatic hydroxyl groups excluding tert-OH is 1. The van der Waals surface area contributed by atoms with Crippen molar-refractivity contribution < 1.29 is 33.0 Å². The average Bonchev–Trinajstić information content (AvgIpc) is 3.46. The molecule has 2 saturated carbocycles. The van der Waals surface area contributed by atoms with Gasteiger partial charge in [-0.05, 0) is 139 Å². The first-order valence-electron chi connectivity index (χ1n) is 21.6. The lowest BCUT2D eigenvalue weighted by Gasteiger charge is -2.34. The van der Waals surface area contributed by atoms with Crippen LogP contribution in [0, 0.1) is 30.9 Å². The predicted octanol–water partition coefficient (Wildman–Crippen LogP) is 11.8. The van der Waals surface area contributed by atoms with Crippen LogP contribution in [0.1, 0.15) is 125 Å². The number of ether oxygens (including phenoxy) is 1. The van der Waals surface area contributed by atoms with Gasteiger partial charge in [-0.25, -0.2) is 8.78 Å². The van der Waals surface area contributed by atoms with Crippen LogP contribution >= 0.6 is 0 Å². The molecule has 4 aromatic carbocycles. The summed E-state index contributed by atoms with van der Waals surface area (Å²) in [6.07, 6.45) is 11.4. The Kier molecular flexibility index (Phi) is 13.9. The number of aryl methyl sites for hydroxylation is 2. The average molecular weight is 804 g/mol. The molecule has 0 unspecified atom stereocenters. The van der Waals surface area contributed by atoms with E-state index in [9.17, 15) is 28.3 Å². The fraction of sp³-hybridized carbons (Fsp3) is 0.431. The normalized spacial score (nSPS) is 17.0. The molecule has 1 amide bonds. The number of aliphatic hydroxyl groups is 1. The molecule has 1 spiro atoms. The molecule has 0 radical (unpaired) electrons. The number of carbonyl (C=O) groups excluding carboxylic acids is 3. The zero-order valence-electron chi connectivity index (χ0n) is 35.4. The Morgan fingerprint density at radius 3 is 1.73 bits per heavy atom. The highest BCUT2D eigenvalue weighted by Crippen LogP contribution is 2.44. The summed E-state index contributed by atoms with van der Waals surface area (Å²) >= 11 is 0. The summed E-state index contributed by atoms with van der Waals surface area (Å²) in [5.41, 5.74) is 8.96. The Balaban J connectivity index is 0.000000199. The van der Waals surface area contributed by atoms with E-state index in [1.54, 1.807) is 24.3 Å². The van der Waals surface area contributed by atoms with Gasteiger partial charge in [0, 0.05) is 12.8 Å². The Morgan fingerprint density at radius 1 is 0.695 bits per heavy atom. The Hall–Kier alpha value is -5.11. The van der Waals surface area contributed by atoms with Crippen LogP contribution in [-0.2, 0) is 38.4 Å². The van der Waals surface area contributed by atoms with Crippen molar-refractivity contribution in [2.45, 2.75) is 130 Å². The Bertz CT molecular complexity index is 2190. The molecule has 2 fully saturated rings. The minimum absolute atomic E-state index is 0.0870. The van der Waals surface area contributed by atoms with Gasteiger partial charge in [0.2, 0.25) is 0 Å². The summed E-state index contributed by atoms with van der Waals surface area (Å²) in [4.78, 5) is 39.0. The molecule has 1 heterocycles. The fourth-order valence-corrected chi connectivity index (χ4v) is 9.72. The number of amides is 1. The number of Topliss-reactive ketones (excluding diaryl/α,β-unsaturated/α-hetero) is 1. The van der Waals surface area contributed by atoms with Crippen LogP contribution in [-0.4, -0.2) is 34.9 Å². The standard InChI is InChI=1S/C27H33FO3.C24H26FNO2/c1-4-20-11-14-24(21-9-12-22(28)13-10-21)19(3)25(20)17-23(29)18-27(26(30)31-5-2)15-7-6-8-16-27;1-3-16-9-12-19(17-7-10-18(25)11-8-17)15(2)20(16)21-22(27)24(26-23(21)28)13-5-4-6-14-24/h9-14H,4-8,15-18H2,1-3H3;7-12,27H,3-6,13-14H2,1-2H3,(H,26,28). The van der Waals surface area contributed by atoms with E-state index in [0.29, 0.717) is 18.6 Å². The third kappa shape index (κ3) is 9.22. The van der Waals surface area contributed by atoms with Crippen LogP contribution in [0.25, 0.3) is 27.8 Å². The Morgan fingerprint density at radius 2 is 1.20 bits per heavy atom. The lowest BCUT2D eigenvalue weighted by atomic mass is 9.70. The van der Waals surface area contributed by atoms with E-state index in [4.69, 9.17) is 4.74 Å². The van der Waals surface area contributed by atoms with E-state index >= 15 is 0 Å². The number of hydrogen-bond donors (Lipinski definition) is 2. The van der Waals surface area contributed by atoms with Gasteiger partial charge in [-0.3, -0.25) is 14.4 Å². The van der Waals surface area contributed by atoms with Crippen molar-refractivity contribution in [2.75, 3.05) is 6.61 Å². The van der Waals surface area contributed by atoms with Crippen molar-refractivity contribution in [3.05, 3.63) is 124 Å². The molecular weight excluding hydrogens is 745 g/mol. The SMILES string of the molecule is CCOC(=O)C1(CC(=O)Cc2c(CC)ccc(-c3ccc(F)cc3)c2C)CCCCC1.CCc1ccc(-c2ccc(F)cc2)c(C)c1C1=C(O)C2(CCCCC2)NC1=O. The maximum atomic E-state index is 13.4. The number of carbonyl (C=O) groups is 3. The van der Waals surface area contributed by atoms with Gasteiger partial charge < -0.3 is 15.2 Å². The lowest BCUT2D eigenvalue weighted by Crippen LogP contribution is -2.46. The second-order valence-electron chi connectivity index (χ2n) is 16.6. The molecule has 4 aromatic rings. The van der Waals surface area contributed by atoms with Crippen LogP contribution in [0.3, 0.4) is 0 Å². The van der Waals surface area contributed by atoms with Crippen molar-refractivity contribution in [1.29, 1.82) is 0 Å². The Labute approximate surface area is 348 Å². The minimum atomic E-state index is -0.666. The van der Waals surface area contributed by atoms with Gasteiger partial charge in [0.05, 0.1) is 23.1 Å². The van der Waals surface area contributed by atoms with E-state index < -0.39 is 11.0 Å². The molecule has 1 aliphatic heterocycles. The molecule has 3 aliphatic rings. The first kappa shape index (κ1) is 43.5. The lowest BCUT2D eigenvalue weighted by molar-refractivity contribution is -0.159. The van der Waals surface area contributed by atoms with E-state index in [1.807, 2.05) is 32.9 Å². The summed E-state index contributed by atoms with van der Waals surface area (Å²) in [6.45, 7) is 10.3. The molecule has 0 saturated heterocycles. The summed E-state index contributed by atoms with van der Waals surface area (Å²) in [5.74, 6) is -0.653. The molecule has 2 N–H and O–H groups in total. The maximum Gasteiger partial charge on any atom is 0.312 e. The highest BCUT2D eigenvalue weighted by molar-refractivity contribution is 6.24. The van der Waals surface area contributed by atoms with E-state index in [-0.39, 0.29) is 41.5 Å². The van der Waals surface area contributed by atoms with Crippen molar-refractivity contribution in [1.82, 2.24) is 5.32 Å². The second-order valence-corrected chi connectivity index (χ2v) is 16.6. The van der Waals surface area contributed by atoms with Crippen molar-refractivity contribution in [2.24, 2.45) is 5.41 Å². The fourth-order valence-electron chi connectivity index (χ4n) is 9.72. The van der Waals surface area contributed by atoms with Gasteiger partial charge in [0.1, 0.15) is 23.2 Å². The number of rotatable bonds is 11. The van der Waals surface area contributed by atoms with Crippen LogP contribution in [0.4, 0.5) is 8.78 Å². The van der Waals surface area contributed by atoms with Crippen LogP contribution in [0.2, 0.25) is 0 Å². The summed E-state index contributed by atoms with van der Waals surface area (Å²) in [7, 11) is 0. The van der Waals surface area contributed by atoms with Crippen LogP contribution in [0.5, 0.6) is 0 Å². The number of halogens is 2. The number of benzene rings is 4. The molecule has 0 atom stereocenters. The van der Waals surface area contributed by atoms with E-state index in [1.165, 1.54) is 24.3 Å². The molecule has 2 aliphatic carbocycles. The molecule has 7 rings (SSSR count). The number of ketones is 1. The first-order chi connectivity index (χ1) is 28.4. The number of hydrogen-bond acceptors (Lipinski definition) is 5. The van der Waals surface area contributed by atoms with Crippen LogP contribution < -0.4 is 5.32 Å². The zero-order chi connectivity index (χ0) is 42.3. The van der Waals surface area contributed by atoms with Crippen molar-refractivity contribution >= 4 is 23.2 Å². The van der Waals surface area contributed by atoms with Gasteiger partial charge in [-0.15, -0.1) is 0 Å². The summed E-state index contributed by atoms with van der Waals surface area (Å²) in [6, 6.07) is 21.0. The molecule has 0 bridgehead atoms. The summed E-state index contributed by atoms with van der Waals surface area (Å²) < 4.78 is 32.1. The van der Waals surface area contributed by atoms with Gasteiger partial charge in [0.15, 0.2) is 0 Å². The predicted molar refractivity (Wildman–Crippen MR) is 231 cm³/mol. The van der Waals surface area contributed by atoms with Crippen molar-refractivity contribution in [3.8, 4) is 22.3 Å². The molecule has 6 nitrogen and oxygen atoms in total. The molecule has 59 heavy (non-hydrogen) atoms. The minimum Gasteiger partial charge on any atom is -0.509 e. The van der Waals surface area contributed by atoms with Gasteiger partial charge in [0.25, 0.3) is 5.91 Å². The maximum absolute atomic E-state index is 13.4. The second kappa shape index (κ2) is 18.9. The zero-order valence-corrected chi connectivity index (χ0v) is 35.4. The monoisotopic (exact) mass is 803 g/mol. The van der Waals surface area contributed by atoms with E-state index in [2.05, 4.69) is 31.3 Å². The smallest absolute Gasteiger partial charge is 0.312 e. The topological polar surface area (TPSA) is 92.7 Å². The highest BCUT2D eigenvalue weighted by Gasteiger charge is 2.47. The summed E-state index contributed by atoms with van der Waals surface area (Å²) in [5, 5.41) is 14.3. The van der Waals surface area contributed by atoms with Gasteiger partial charge in [-0.1, -0.05) is 101 Å². The molecular formula is C51H59F2NO5. The molecule has 312 valence electrons. The largest absolute Gasteiger partial charge is 0.509 e. The van der Waals surface area contributed by atoms with Gasteiger partial charge in [-0.2, -0.15) is 0 Å². The highest BCUT2D eigenvalue weighted by atomic mass is 19.1. The third-order valence-electron chi connectivity index (χ3n) is 13.0. The number of esters is 1. The molecule has 0 aromatic heterocycles. The van der Waals surface area contributed by atoms with Crippen LogP contribution in [0.15, 0.2) is 78.6 Å².